The summed E-state index contributed by atoms with van der Waals surface area (Å²) in [7, 11) is 4.23. The van der Waals surface area contributed by atoms with E-state index in [1.54, 1.807) is 48.6 Å². The highest BCUT2D eigenvalue weighted by atomic mass is 16.5. The average molecular weight is 507 g/mol. The van der Waals surface area contributed by atoms with Crippen LogP contribution in [0.15, 0.2) is 67.3 Å². The second kappa shape index (κ2) is 14.6. The van der Waals surface area contributed by atoms with Crippen molar-refractivity contribution in [1.82, 2.24) is 5.32 Å². The molecule has 0 fully saturated rings. The molecule has 0 aliphatic rings. The van der Waals surface area contributed by atoms with Gasteiger partial charge < -0.3 is 29.0 Å². The van der Waals surface area contributed by atoms with E-state index in [1.807, 2.05) is 6.07 Å². The number of amides is 1. The number of esters is 1. The van der Waals surface area contributed by atoms with Gasteiger partial charge in [-0.2, -0.15) is 5.26 Å². The number of carbonyl (C=O) groups excluding carboxylic acids is 2. The second-order valence-electron chi connectivity index (χ2n) is 7.50. The molecule has 1 unspecified atom stereocenters. The lowest BCUT2D eigenvalue weighted by atomic mass is 10.0. The molecule has 0 saturated carbocycles. The minimum Gasteiger partial charge on any atom is -0.493 e. The Kier molecular flexibility index (Phi) is 11.3. The Bertz CT molecular complexity index is 1200. The van der Waals surface area contributed by atoms with Gasteiger partial charge in [-0.1, -0.05) is 37.4 Å². The molecule has 194 valence electrons. The first-order valence-corrected chi connectivity index (χ1v) is 11.2. The zero-order valence-corrected chi connectivity index (χ0v) is 21.1. The number of hydrogen-bond acceptors (Lipinski definition) is 8. The molecule has 2 rings (SSSR count). The van der Waals surface area contributed by atoms with Crippen LogP contribution in [0.5, 0.6) is 23.0 Å². The van der Waals surface area contributed by atoms with Gasteiger partial charge in [0.25, 0.3) is 5.91 Å². The number of benzene rings is 2. The number of hydrogen-bond donors (Lipinski definition) is 1. The predicted molar refractivity (Wildman–Crippen MR) is 138 cm³/mol. The SMILES string of the molecule is C=CCOc1ccc(/C=C(\C#N)C(=O)NC(CC(=O)OC)c2ccc(OC)c(OC)c2)cc1OCC=C. The molecule has 2 aromatic carbocycles. The van der Waals surface area contributed by atoms with Gasteiger partial charge in [0.05, 0.1) is 33.8 Å². The molecule has 0 heterocycles. The highest BCUT2D eigenvalue weighted by Crippen LogP contribution is 2.32. The maximum Gasteiger partial charge on any atom is 0.307 e. The van der Waals surface area contributed by atoms with Gasteiger partial charge in [-0.25, -0.2) is 0 Å². The first-order chi connectivity index (χ1) is 17.9. The van der Waals surface area contributed by atoms with Crippen molar-refractivity contribution in [2.45, 2.75) is 12.5 Å². The normalized spacial score (nSPS) is 11.4. The Labute approximate surface area is 216 Å². The van der Waals surface area contributed by atoms with E-state index < -0.39 is 17.9 Å². The maximum absolute atomic E-state index is 13.1. The van der Waals surface area contributed by atoms with Crippen molar-refractivity contribution in [2.24, 2.45) is 0 Å². The molecule has 0 aliphatic heterocycles. The van der Waals surface area contributed by atoms with Crippen LogP contribution in [-0.4, -0.2) is 46.4 Å². The van der Waals surface area contributed by atoms with Crippen LogP contribution in [0.2, 0.25) is 0 Å². The molecule has 0 saturated heterocycles. The lowest BCUT2D eigenvalue weighted by molar-refractivity contribution is -0.141. The van der Waals surface area contributed by atoms with Gasteiger partial charge in [-0.3, -0.25) is 9.59 Å². The second-order valence-corrected chi connectivity index (χ2v) is 7.50. The first-order valence-electron chi connectivity index (χ1n) is 11.2. The van der Waals surface area contributed by atoms with Gasteiger partial charge in [0, 0.05) is 0 Å². The maximum atomic E-state index is 13.1. The Morgan fingerprint density at radius 2 is 1.59 bits per heavy atom. The fourth-order valence-corrected chi connectivity index (χ4v) is 3.27. The summed E-state index contributed by atoms with van der Waals surface area (Å²) in [6.07, 6.45) is 4.44. The smallest absolute Gasteiger partial charge is 0.307 e. The third-order valence-electron chi connectivity index (χ3n) is 5.07. The summed E-state index contributed by atoms with van der Waals surface area (Å²) < 4.78 is 26.6. The van der Waals surface area contributed by atoms with Crippen molar-refractivity contribution in [3.8, 4) is 29.1 Å². The third-order valence-corrected chi connectivity index (χ3v) is 5.07. The van der Waals surface area contributed by atoms with Crippen molar-refractivity contribution < 1.29 is 33.3 Å². The Morgan fingerprint density at radius 3 is 2.19 bits per heavy atom. The predicted octanol–water partition coefficient (Wildman–Crippen LogP) is 4.16. The highest BCUT2D eigenvalue weighted by Gasteiger charge is 2.22. The van der Waals surface area contributed by atoms with E-state index in [1.165, 1.54) is 27.4 Å². The number of nitrogens with zero attached hydrogens (tertiary/aromatic N) is 1. The van der Waals surface area contributed by atoms with Crippen molar-refractivity contribution in [1.29, 1.82) is 5.26 Å². The number of methoxy groups -OCH3 is 3. The van der Waals surface area contributed by atoms with E-state index in [-0.39, 0.29) is 25.2 Å². The van der Waals surface area contributed by atoms with E-state index in [2.05, 4.69) is 18.5 Å². The van der Waals surface area contributed by atoms with Gasteiger partial charge in [0.2, 0.25) is 0 Å². The monoisotopic (exact) mass is 506 g/mol. The van der Waals surface area contributed by atoms with Crippen molar-refractivity contribution in [3.05, 3.63) is 78.4 Å². The number of nitrogens with one attached hydrogen (secondary N) is 1. The molecule has 1 N–H and O–H groups in total. The van der Waals surface area contributed by atoms with Crippen LogP contribution in [0.4, 0.5) is 0 Å². The van der Waals surface area contributed by atoms with Crippen LogP contribution in [0.1, 0.15) is 23.6 Å². The summed E-state index contributed by atoms with van der Waals surface area (Å²) in [6.45, 7) is 7.79. The van der Waals surface area contributed by atoms with Gasteiger partial charge >= 0.3 is 5.97 Å². The number of nitriles is 1. The molecule has 0 bridgehead atoms. The zero-order valence-electron chi connectivity index (χ0n) is 21.1. The molecule has 1 amide bonds. The molecule has 37 heavy (non-hydrogen) atoms. The van der Waals surface area contributed by atoms with E-state index in [0.29, 0.717) is 34.1 Å². The lowest BCUT2D eigenvalue weighted by Gasteiger charge is -2.19. The Hall–Kier alpha value is -4.71. The molecule has 9 heteroatoms. The number of carbonyl (C=O) groups is 2. The van der Waals surface area contributed by atoms with Gasteiger partial charge in [0.15, 0.2) is 23.0 Å². The van der Waals surface area contributed by atoms with Gasteiger partial charge in [-0.15, -0.1) is 0 Å². The summed E-state index contributed by atoms with van der Waals surface area (Å²) in [4.78, 5) is 25.2. The summed E-state index contributed by atoms with van der Waals surface area (Å²) in [5, 5.41) is 12.5. The minimum absolute atomic E-state index is 0.161. The highest BCUT2D eigenvalue weighted by molar-refractivity contribution is 6.02. The summed E-state index contributed by atoms with van der Waals surface area (Å²) >= 11 is 0. The molecular formula is C28H30N2O7. The molecule has 9 nitrogen and oxygen atoms in total. The quantitative estimate of drug-likeness (QED) is 0.176. The standard InChI is InChI=1S/C28H30N2O7/c1-6-12-36-24-10-8-19(15-26(24)37-13-7-2)14-21(18-29)28(32)30-22(17-27(31)35-5)20-9-11-23(33-3)25(16-20)34-4/h6-11,14-16,22H,1-2,12-13,17H2,3-5H3,(H,30,32)/b21-14+. The van der Waals surface area contributed by atoms with Crippen LogP contribution in [-0.2, 0) is 14.3 Å². The van der Waals surface area contributed by atoms with Crippen LogP contribution < -0.4 is 24.3 Å². The van der Waals surface area contributed by atoms with E-state index in [4.69, 9.17) is 23.7 Å². The Morgan fingerprint density at radius 1 is 0.946 bits per heavy atom. The van der Waals surface area contributed by atoms with E-state index >= 15 is 0 Å². The molecule has 0 spiro atoms. The van der Waals surface area contributed by atoms with Gasteiger partial charge in [-0.05, 0) is 41.5 Å². The fourth-order valence-electron chi connectivity index (χ4n) is 3.27. The summed E-state index contributed by atoms with van der Waals surface area (Å²) in [5.41, 5.74) is 0.926. The molecule has 0 aliphatic carbocycles. The average Bonchev–Trinajstić information content (AvgIpc) is 2.92. The van der Waals surface area contributed by atoms with E-state index in [9.17, 15) is 14.9 Å². The minimum atomic E-state index is -0.794. The van der Waals surface area contributed by atoms with Crippen LogP contribution >= 0.6 is 0 Å². The van der Waals surface area contributed by atoms with E-state index in [0.717, 1.165) is 0 Å². The largest absolute Gasteiger partial charge is 0.493 e. The molecule has 0 aromatic heterocycles. The van der Waals surface area contributed by atoms with Crippen LogP contribution in [0.3, 0.4) is 0 Å². The first kappa shape index (κ1) is 28.5. The summed E-state index contributed by atoms with van der Waals surface area (Å²) in [5.74, 6) is 0.594. The molecule has 2 aromatic rings. The molecule has 1 atom stereocenters. The number of rotatable bonds is 14. The fraction of sp³-hybridized carbons (Fsp3) is 0.250. The zero-order chi connectivity index (χ0) is 27.2. The summed E-state index contributed by atoms with van der Waals surface area (Å²) in [6, 6.07) is 11.1. The van der Waals surface area contributed by atoms with Crippen molar-refractivity contribution in [3.63, 3.8) is 0 Å². The third kappa shape index (κ3) is 8.18. The topological polar surface area (TPSA) is 116 Å². The number of ether oxygens (including phenoxy) is 5. The van der Waals surface area contributed by atoms with Gasteiger partial charge in [0.1, 0.15) is 24.9 Å². The van der Waals surface area contributed by atoms with Crippen LogP contribution in [0.25, 0.3) is 6.08 Å². The van der Waals surface area contributed by atoms with Crippen molar-refractivity contribution in [2.75, 3.05) is 34.5 Å². The molecular weight excluding hydrogens is 476 g/mol. The van der Waals surface area contributed by atoms with Crippen LogP contribution in [0, 0.1) is 11.3 Å². The lowest BCUT2D eigenvalue weighted by Crippen LogP contribution is -2.31. The van der Waals surface area contributed by atoms with Crippen molar-refractivity contribution >= 4 is 18.0 Å². The Balaban J connectivity index is 2.37. The molecule has 0 radical (unpaired) electrons.